The third-order valence-electron chi connectivity index (χ3n) is 4.44. The second-order valence-electron chi connectivity index (χ2n) is 6.90. The molecule has 0 aliphatic heterocycles. The largest absolute Gasteiger partial charge is 0.339 e. The first-order valence-electron chi connectivity index (χ1n) is 9.08. The highest BCUT2D eigenvalue weighted by Crippen LogP contribution is 2.34. The molecular weight excluding hydrogens is 392 g/mol. The molecule has 0 aromatic carbocycles. The molecule has 29 heavy (non-hydrogen) atoms. The molecule has 4 rings (SSSR count). The maximum Gasteiger partial charge on any atom is 0.222 e. The molecule has 1 aliphatic carbocycles. The smallest absolute Gasteiger partial charge is 0.222 e. The summed E-state index contributed by atoms with van der Waals surface area (Å²) in [4.78, 5) is 20.0. The Morgan fingerprint density at radius 2 is 2.00 bits per heavy atom. The van der Waals surface area contributed by atoms with Crippen LogP contribution in [0.2, 0.25) is 0 Å². The minimum atomic E-state index is -3.40. The van der Waals surface area contributed by atoms with Crippen LogP contribution in [0.25, 0.3) is 11.3 Å². The van der Waals surface area contributed by atoms with E-state index in [2.05, 4.69) is 25.7 Å². The first kappa shape index (κ1) is 19.1. The number of carbonyl (C=O) groups excluding carboxylic acids is 1. The van der Waals surface area contributed by atoms with Gasteiger partial charge in [0.2, 0.25) is 5.91 Å². The SMILES string of the molecule is CC(=O)Nc1cc(Nc2cccc(S(=O)(=O)C3CC3)n2)c(-c2ccn(C)n2)cn1. The number of rotatable bonds is 6. The normalized spacial score (nSPS) is 13.9. The van der Waals surface area contributed by atoms with E-state index >= 15 is 0 Å². The molecule has 1 amide bonds. The van der Waals surface area contributed by atoms with E-state index in [0.717, 1.165) is 0 Å². The number of pyridine rings is 2. The number of aryl methyl sites for hydroxylation is 1. The van der Waals surface area contributed by atoms with E-state index in [1.807, 2.05) is 19.3 Å². The standard InChI is InChI=1S/C19H20N6O3S/c1-12(26)21-18-10-16(14(11-20-18)15-8-9-25(2)24-15)22-17-4-3-5-19(23-17)29(27,28)13-6-7-13/h3-5,8-11,13H,6-7H2,1-2H3,(H2,20,21,22,23,26). The molecule has 3 aromatic heterocycles. The molecule has 1 fully saturated rings. The van der Waals surface area contributed by atoms with Gasteiger partial charge in [0.25, 0.3) is 0 Å². The van der Waals surface area contributed by atoms with Crippen molar-refractivity contribution in [3.8, 4) is 11.3 Å². The highest BCUT2D eigenvalue weighted by molar-refractivity contribution is 7.92. The van der Waals surface area contributed by atoms with Gasteiger partial charge in [-0.1, -0.05) is 6.07 Å². The molecule has 0 radical (unpaired) electrons. The zero-order valence-corrected chi connectivity index (χ0v) is 16.8. The average molecular weight is 412 g/mol. The van der Waals surface area contributed by atoms with E-state index in [0.29, 0.717) is 41.4 Å². The van der Waals surface area contributed by atoms with Crippen LogP contribution in [-0.4, -0.2) is 39.3 Å². The Bertz CT molecular complexity index is 1180. The predicted molar refractivity (Wildman–Crippen MR) is 108 cm³/mol. The van der Waals surface area contributed by atoms with Crippen molar-refractivity contribution >= 4 is 33.1 Å². The Balaban J connectivity index is 1.72. The number of hydrogen-bond acceptors (Lipinski definition) is 7. The molecule has 0 saturated heterocycles. The van der Waals surface area contributed by atoms with Gasteiger partial charge in [0, 0.05) is 38.0 Å². The van der Waals surface area contributed by atoms with Gasteiger partial charge >= 0.3 is 0 Å². The molecular formula is C19H20N6O3S. The van der Waals surface area contributed by atoms with E-state index in [1.54, 1.807) is 29.1 Å². The number of hydrogen-bond donors (Lipinski definition) is 2. The summed E-state index contributed by atoms with van der Waals surface area (Å²) in [5.41, 5.74) is 1.96. The number of nitrogens with zero attached hydrogens (tertiary/aromatic N) is 4. The van der Waals surface area contributed by atoms with Gasteiger partial charge in [-0.05, 0) is 31.0 Å². The molecule has 0 bridgehead atoms. The molecule has 1 saturated carbocycles. The second-order valence-corrected chi connectivity index (χ2v) is 9.08. The first-order valence-corrected chi connectivity index (χ1v) is 10.6. The average Bonchev–Trinajstić information content (AvgIpc) is 3.44. The third-order valence-corrected chi connectivity index (χ3v) is 6.60. The number of nitrogens with one attached hydrogen (secondary N) is 2. The summed E-state index contributed by atoms with van der Waals surface area (Å²) < 4.78 is 26.7. The summed E-state index contributed by atoms with van der Waals surface area (Å²) in [6.07, 6.45) is 4.76. The van der Waals surface area contributed by atoms with Crippen molar-refractivity contribution in [1.29, 1.82) is 0 Å². The molecule has 150 valence electrons. The molecule has 2 N–H and O–H groups in total. The first-order chi connectivity index (χ1) is 13.8. The lowest BCUT2D eigenvalue weighted by atomic mass is 10.1. The minimum Gasteiger partial charge on any atom is -0.339 e. The van der Waals surface area contributed by atoms with Crippen molar-refractivity contribution in [2.45, 2.75) is 30.0 Å². The van der Waals surface area contributed by atoms with E-state index < -0.39 is 9.84 Å². The molecule has 0 atom stereocenters. The molecule has 0 unspecified atom stereocenters. The van der Waals surface area contributed by atoms with Gasteiger partial charge in [0.15, 0.2) is 14.9 Å². The Labute approximate surface area is 168 Å². The van der Waals surface area contributed by atoms with E-state index in [4.69, 9.17) is 0 Å². The zero-order valence-electron chi connectivity index (χ0n) is 16.0. The monoisotopic (exact) mass is 412 g/mol. The van der Waals surface area contributed by atoms with Crippen molar-refractivity contribution in [3.63, 3.8) is 0 Å². The fourth-order valence-electron chi connectivity index (χ4n) is 2.90. The lowest BCUT2D eigenvalue weighted by Crippen LogP contribution is -2.10. The highest BCUT2D eigenvalue weighted by Gasteiger charge is 2.37. The number of amides is 1. The number of sulfone groups is 1. The van der Waals surface area contributed by atoms with Gasteiger partial charge in [-0.15, -0.1) is 0 Å². The summed E-state index contributed by atoms with van der Waals surface area (Å²) in [5, 5.41) is 9.91. The maximum atomic E-state index is 12.5. The van der Waals surface area contributed by atoms with E-state index in [1.165, 1.54) is 13.0 Å². The second kappa shape index (κ2) is 7.28. The van der Waals surface area contributed by atoms with Crippen LogP contribution >= 0.6 is 0 Å². The van der Waals surface area contributed by atoms with Crippen LogP contribution < -0.4 is 10.6 Å². The van der Waals surface area contributed by atoms with Crippen LogP contribution in [-0.2, 0) is 21.7 Å². The van der Waals surface area contributed by atoms with Crippen molar-refractivity contribution < 1.29 is 13.2 Å². The topological polar surface area (TPSA) is 119 Å². The summed E-state index contributed by atoms with van der Waals surface area (Å²) in [7, 11) is -1.59. The number of anilines is 3. The van der Waals surface area contributed by atoms with E-state index in [-0.39, 0.29) is 16.2 Å². The van der Waals surface area contributed by atoms with Gasteiger partial charge in [0.1, 0.15) is 11.6 Å². The molecule has 10 heteroatoms. The maximum absolute atomic E-state index is 12.5. The number of carbonyl (C=O) groups is 1. The van der Waals surface area contributed by atoms with Crippen molar-refractivity contribution in [2.24, 2.45) is 7.05 Å². The Morgan fingerprint density at radius 3 is 2.66 bits per heavy atom. The Morgan fingerprint density at radius 1 is 1.21 bits per heavy atom. The van der Waals surface area contributed by atoms with Gasteiger partial charge in [-0.2, -0.15) is 5.10 Å². The summed E-state index contributed by atoms with van der Waals surface area (Å²) in [6.45, 7) is 1.40. The predicted octanol–water partition coefficient (Wildman–Crippen LogP) is 2.52. The lowest BCUT2D eigenvalue weighted by molar-refractivity contribution is -0.114. The van der Waals surface area contributed by atoms with Crippen LogP contribution in [0.4, 0.5) is 17.3 Å². The van der Waals surface area contributed by atoms with E-state index in [9.17, 15) is 13.2 Å². The zero-order chi connectivity index (χ0) is 20.6. The molecule has 3 aromatic rings. The highest BCUT2D eigenvalue weighted by atomic mass is 32.2. The quantitative estimate of drug-likeness (QED) is 0.638. The van der Waals surface area contributed by atoms with Crippen LogP contribution in [0.1, 0.15) is 19.8 Å². The van der Waals surface area contributed by atoms with Gasteiger partial charge in [0.05, 0.1) is 16.6 Å². The van der Waals surface area contributed by atoms with Gasteiger partial charge < -0.3 is 10.6 Å². The van der Waals surface area contributed by atoms with Crippen molar-refractivity contribution in [3.05, 3.63) is 42.7 Å². The van der Waals surface area contributed by atoms with Crippen LogP contribution in [0.5, 0.6) is 0 Å². The number of aromatic nitrogens is 4. The lowest BCUT2D eigenvalue weighted by Gasteiger charge is -2.13. The minimum absolute atomic E-state index is 0.0560. The van der Waals surface area contributed by atoms with Gasteiger partial charge in [-0.3, -0.25) is 9.48 Å². The Kier molecular flexibility index (Phi) is 4.79. The fraction of sp³-hybridized carbons (Fsp3) is 0.263. The van der Waals surface area contributed by atoms with Crippen molar-refractivity contribution in [2.75, 3.05) is 10.6 Å². The summed E-state index contributed by atoms with van der Waals surface area (Å²) in [5.74, 6) is 0.495. The Hall–Kier alpha value is -3.27. The molecule has 9 nitrogen and oxygen atoms in total. The van der Waals surface area contributed by atoms with Gasteiger partial charge in [-0.25, -0.2) is 18.4 Å². The summed E-state index contributed by atoms with van der Waals surface area (Å²) in [6, 6.07) is 8.35. The van der Waals surface area contributed by atoms with Crippen LogP contribution in [0, 0.1) is 0 Å². The van der Waals surface area contributed by atoms with Crippen molar-refractivity contribution in [1.82, 2.24) is 19.7 Å². The fourth-order valence-corrected chi connectivity index (χ4v) is 4.49. The molecule has 1 aliphatic rings. The molecule has 3 heterocycles. The summed E-state index contributed by atoms with van der Waals surface area (Å²) >= 11 is 0. The molecule has 0 spiro atoms. The van der Waals surface area contributed by atoms with Crippen LogP contribution in [0.15, 0.2) is 47.8 Å². The third kappa shape index (κ3) is 4.11. The van der Waals surface area contributed by atoms with Crippen LogP contribution in [0.3, 0.4) is 0 Å².